The van der Waals surface area contributed by atoms with Gasteiger partial charge in [0.1, 0.15) is 17.5 Å². The molecule has 0 unspecified atom stereocenters. The lowest BCUT2D eigenvalue weighted by atomic mass is 9.75. The van der Waals surface area contributed by atoms with E-state index in [9.17, 15) is 4.79 Å². The number of hydrogen-bond donors (Lipinski definition) is 1. The fourth-order valence-corrected chi connectivity index (χ4v) is 2.73. The highest BCUT2D eigenvalue weighted by atomic mass is 16.5. The molecule has 2 rings (SSSR count). The van der Waals surface area contributed by atoms with Crippen molar-refractivity contribution in [2.75, 3.05) is 0 Å². The summed E-state index contributed by atoms with van der Waals surface area (Å²) in [6.45, 7) is 2.16. The summed E-state index contributed by atoms with van der Waals surface area (Å²) in [6.07, 6.45) is 6.94. The lowest BCUT2D eigenvalue weighted by molar-refractivity contribution is 0.0693. The molecular formula is C12H17NO3. The predicted octanol–water partition coefficient (Wildman–Crippen LogP) is 3.06. The molecule has 88 valence electrons. The second kappa shape index (κ2) is 4.68. The molecule has 4 nitrogen and oxygen atoms in total. The molecule has 1 N–H and O–H groups in total. The molecule has 1 saturated carbocycles. The van der Waals surface area contributed by atoms with Gasteiger partial charge in [-0.15, -0.1) is 0 Å². The van der Waals surface area contributed by atoms with Crippen molar-refractivity contribution in [1.29, 1.82) is 0 Å². The SMILES string of the molecule is CC[C@@H]1CCCC[C@H]1c1nocc1C(=O)O. The summed E-state index contributed by atoms with van der Waals surface area (Å²) < 4.78 is 4.82. The Hall–Kier alpha value is -1.32. The van der Waals surface area contributed by atoms with Gasteiger partial charge in [-0.05, 0) is 18.8 Å². The number of rotatable bonds is 3. The summed E-state index contributed by atoms with van der Waals surface area (Å²) in [4.78, 5) is 11.0. The molecule has 0 spiro atoms. The number of aromatic nitrogens is 1. The van der Waals surface area contributed by atoms with E-state index in [-0.39, 0.29) is 11.5 Å². The maximum Gasteiger partial charge on any atom is 0.340 e. The third kappa shape index (κ3) is 1.96. The van der Waals surface area contributed by atoms with E-state index in [1.165, 1.54) is 19.1 Å². The van der Waals surface area contributed by atoms with Crippen molar-refractivity contribution < 1.29 is 14.4 Å². The smallest absolute Gasteiger partial charge is 0.340 e. The Bertz CT molecular complexity index is 372. The van der Waals surface area contributed by atoms with Crippen molar-refractivity contribution >= 4 is 5.97 Å². The minimum atomic E-state index is -0.934. The average Bonchev–Trinajstić information content (AvgIpc) is 2.77. The lowest BCUT2D eigenvalue weighted by Gasteiger charge is -2.29. The first kappa shape index (κ1) is 11.2. The van der Waals surface area contributed by atoms with E-state index in [1.807, 2.05) is 0 Å². The lowest BCUT2D eigenvalue weighted by Crippen LogP contribution is -2.19. The van der Waals surface area contributed by atoms with Gasteiger partial charge in [0.15, 0.2) is 0 Å². The molecule has 1 aromatic rings. The predicted molar refractivity (Wildman–Crippen MR) is 58.5 cm³/mol. The highest BCUT2D eigenvalue weighted by molar-refractivity contribution is 5.88. The summed E-state index contributed by atoms with van der Waals surface area (Å²) in [6, 6.07) is 0. The molecule has 1 aliphatic rings. The van der Waals surface area contributed by atoms with Gasteiger partial charge >= 0.3 is 5.97 Å². The second-order valence-corrected chi connectivity index (χ2v) is 4.48. The molecule has 0 amide bonds. The Balaban J connectivity index is 2.27. The van der Waals surface area contributed by atoms with E-state index in [0.717, 1.165) is 19.3 Å². The first-order valence-electron chi connectivity index (χ1n) is 5.91. The molecule has 1 aromatic heterocycles. The third-order valence-electron chi connectivity index (χ3n) is 3.61. The zero-order valence-electron chi connectivity index (χ0n) is 9.48. The van der Waals surface area contributed by atoms with Crippen molar-refractivity contribution in [2.45, 2.75) is 44.9 Å². The quantitative estimate of drug-likeness (QED) is 0.855. The summed E-state index contributed by atoms with van der Waals surface area (Å²) in [7, 11) is 0. The number of nitrogens with zero attached hydrogens (tertiary/aromatic N) is 1. The van der Waals surface area contributed by atoms with Crippen LogP contribution in [0.15, 0.2) is 10.8 Å². The standard InChI is InChI=1S/C12H17NO3/c1-2-8-5-3-4-6-9(8)11-10(12(14)15)7-16-13-11/h7-9H,2-6H2,1H3,(H,14,15)/t8-,9-/m1/s1. The number of carboxylic acids is 1. The monoisotopic (exact) mass is 223 g/mol. The molecule has 0 bridgehead atoms. The van der Waals surface area contributed by atoms with Crippen molar-refractivity contribution in [1.82, 2.24) is 5.16 Å². The third-order valence-corrected chi connectivity index (χ3v) is 3.61. The van der Waals surface area contributed by atoms with Crippen LogP contribution in [0.2, 0.25) is 0 Å². The maximum absolute atomic E-state index is 11.0. The highest BCUT2D eigenvalue weighted by Crippen LogP contribution is 2.39. The van der Waals surface area contributed by atoms with Crippen LogP contribution in [-0.2, 0) is 0 Å². The first-order chi connectivity index (χ1) is 7.74. The van der Waals surface area contributed by atoms with Gasteiger partial charge in [0, 0.05) is 5.92 Å². The largest absolute Gasteiger partial charge is 0.478 e. The van der Waals surface area contributed by atoms with E-state index < -0.39 is 5.97 Å². The minimum absolute atomic E-state index is 0.241. The number of carboxylic acid groups (broad SMARTS) is 1. The van der Waals surface area contributed by atoms with Crippen molar-refractivity contribution in [2.24, 2.45) is 5.92 Å². The van der Waals surface area contributed by atoms with Crippen LogP contribution in [0.1, 0.15) is 61.0 Å². The summed E-state index contributed by atoms with van der Waals surface area (Å²) in [5.74, 6) is -0.114. The molecule has 1 fully saturated rings. The van der Waals surface area contributed by atoms with Gasteiger partial charge in [-0.2, -0.15) is 0 Å². The van der Waals surface area contributed by atoms with Crippen LogP contribution in [0, 0.1) is 5.92 Å². The second-order valence-electron chi connectivity index (χ2n) is 4.48. The number of hydrogen-bond acceptors (Lipinski definition) is 3. The van der Waals surface area contributed by atoms with Crippen molar-refractivity contribution in [3.63, 3.8) is 0 Å². The van der Waals surface area contributed by atoms with E-state index in [0.29, 0.717) is 11.6 Å². The van der Waals surface area contributed by atoms with Gasteiger partial charge in [-0.1, -0.05) is 31.3 Å². The maximum atomic E-state index is 11.0. The molecule has 1 heterocycles. The topological polar surface area (TPSA) is 63.3 Å². The molecule has 2 atom stereocenters. The van der Waals surface area contributed by atoms with Crippen LogP contribution in [0.5, 0.6) is 0 Å². The molecule has 0 aromatic carbocycles. The Morgan fingerprint density at radius 1 is 1.56 bits per heavy atom. The molecule has 0 radical (unpaired) electrons. The van der Waals surface area contributed by atoms with Crippen LogP contribution in [-0.4, -0.2) is 16.2 Å². The molecular weight excluding hydrogens is 206 g/mol. The molecule has 0 saturated heterocycles. The van der Waals surface area contributed by atoms with Gasteiger partial charge < -0.3 is 9.63 Å². The molecule has 1 aliphatic carbocycles. The normalized spacial score (nSPS) is 25.6. The van der Waals surface area contributed by atoms with Crippen molar-refractivity contribution in [3.05, 3.63) is 17.5 Å². The van der Waals surface area contributed by atoms with Crippen LogP contribution >= 0.6 is 0 Å². The van der Waals surface area contributed by atoms with Crippen LogP contribution in [0.25, 0.3) is 0 Å². The van der Waals surface area contributed by atoms with Gasteiger partial charge in [-0.25, -0.2) is 4.79 Å². The zero-order chi connectivity index (χ0) is 11.5. The molecule has 0 aliphatic heterocycles. The fourth-order valence-electron chi connectivity index (χ4n) is 2.73. The molecule has 16 heavy (non-hydrogen) atoms. The van der Waals surface area contributed by atoms with Crippen LogP contribution < -0.4 is 0 Å². The van der Waals surface area contributed by atoms with Gasteiger partial charge in [0.05, 0.1) is 0 Å². The highest BCUT2D eigenvalue weighted by Gasteiger charge is 2.31. The Labute approximate surface area is 94.6 Å². The molecule has 4 heteroatoms. The van der Waals surface area contributed by atoms with Crippen LogP contribution in [0.4, 0.5) is 0 Å². The summed E-state index contributed by atoms with van der Waals surface area (Å²) >= 11 is 0. The van der Waals surface area contributed by atoms with E-state index >= 15 is 0 Å². The van der Waals surface area contributed by atoms with Crippen LogP contribution in [0.3, 0.4) is 0 Å². The van der Waals surface area contributed by atoms with Gasteiger partial charge in [-0.3, -0.25) is 0 Å². The Morgan fingerprint density at radius 2 is 2.31 bits per heavy atom. The van der Waals surface area contributed by atoms with E-state index in [4.69, 9.17) is 9.63 Å². The number of aromatic carboxylic acids is 1. The van der Waals surface area contributed by atoms with Gasteiger partial charge in [0.2, 0.25) is 0 Å². The first-order valence-corrected chi connectivity index (χ1v) is 5.91. The average molecular weight is 223 g/mol. The number of carbonyl (C=O) groups is 1. The summed E-state index contributed by atoms with van der Waals surface area (Å²) in [5.41, 5.74) is 0.893. The zero-order valence-corrected chi connectivity index (χ0v) is 9.48. The Kier molecular flexibility index (Phi) is 3.27. The van der Waals surface area contributed by atoms with Gasteiger partial charge in [0.25, 0.3) is 0 Å². The van der Waals surface area contributed by atoms with Crippen molar-refractivity contribution in [3.8, 4) is 0 Å². The summed E-state index contributed by atoms with van der Waals surface area (Å²) in [5, 5.41) is 12.9. The van der Waals surface area contributed by atoms with E-state index in [1.54, 1.807) is 0 Å². The minimum Gasteiger partial charge on any atom is -0.478 e. The fraction of sp³-hybridized carbons (Fsp3) is 0.667. The van der Waals surface area contributed by atoms with E-state index in [2.05, 4.69) is 12.1 Å². The Morgan fingerprint density at radius 3 is 3.00 bits per heavy atom.